The van der Waals surface area contributed by atoms with Crippen LogP contribution in [-0.2, 0) is 0 Å². The lowest BCUT2D eigenvalue weighted by atomic mass is 10.0. The summed E-state index contributed by atoms with van der Waals surface area (Å²) < 4.78 is 16.0. The average Bonchev–Trinajstić information content (AvgIpc) is 2.75. The van der Waals surface area contributed by atoms with E-state index >= 15 is 0 Å². The Hall–Kier alpha value is -0.910. The first-order valence-corrected chi connectivity index (χ1v) is 7.48. The van der Waals surface area contributed by atoms with Crippen LogP contribution in [0, 0.1) is 5.82 Å². The fourth-order valence-electron chi connectivity index (χ4n) is 2.21. The molecule has 1 N–H and O–H groups in total. The van der Waals surface area contributed by atoms with Crippen molar-refractivity contribution < 1.29 is 4.39 Å². The lowest BCUT2D eigenvalue weighted by Gasteiger charge is -2.22. The van der Waals surface area contributed by atoms with Crippen molar-refractivity contribution in [3.8, 4) is 0 Å². The standard InChI is InChI=1S/C14H16BrClFN3/c1-8(2)20-14(11(15)7-19-20)13(18-3)10-5-4-9(17)6-12(10)16/h4-8,13,18H,1-3H3. The van der Waals surface area contributed by atoms with Gasteiger partial charge in [0.2, 0.25) is 0 Å². The van der Waals surface area contributed by atoms with E-state index in [1.807, 2.05) is 11.7 Å². The Bertz CT molecular complexity index is 612. The molecule has 1 unspecified atom stereocenters. The Labute approximate surface area is 131 Å². The van der Waals surface area contributed by atoms with E-state index < -0.39 is 0 Å². The molecule has 1 heterocycles. The molecule has 0 saturated heterocycles. The third kappa shape index (κ3) is 2.90. The molecule has 0 aliphatic carbocycles. The minimum absolute atomic E-state index is 0.164. The van der Waals surface area contributed by atoms with Crippen LogP contribution in [0.4, 0.5) is 4.39 Å². The molecule has 0 spiro atoms. The lowest BCUT2D eigenvalue weighted by Crippen LogP contribution is -2.23. The number of benzene rings is 1. The van der Waals surface area contributed by atoms with Gasteiger partial charge in [0.05, 0.1) is 22.4 Å². The number of rotatable bonds is 4. The van der Waals surface area contributed by atoms with Crippen LogP contribution in [0.15, 0.2) is 28.9 Å². The molecule has 0 saturated carbocycles. The topological polar surface area (TPSA) is 29.9 Å². The molecule has 6 heteroatoms. The normalized spacial score (nSPS) is 12.9. The van der Waals surface area contributed by atoms with E-state index in [1.165, 1.54) is 12.1 Å². The Morgan fingerprint density at radius 3 is 2.65 bits per heavy atom. The van der Waals surface area contributed by atoms with E-state index in [0.717, 1.165) is 15.7 Å². The van der Waals surface area contributed by atoms with Gasteiger partial charge in [-0.25, -0.2) is 4.39 Å². The van der Waals surface area contributed by atoms with Crippen LogP contribution in [0.25, 0.3) is 0 Å². The van der Waals surface area contributed by atoms with Crippen molar-refractivity contribution >= 4 is 27.5 Å². The maximum atomic E-state index is 13.2. The Morgan fingerprint density at radius 1 is 1.40 bits per heavy atom. The zero-order chi connectivity index (χ0) is 14.9. The number of nitrogens with one attached hydrogen (secondary N) is 1. The van der Waals surface area contributed by atoms with Crippen molar-refractivity contribution in [1.29, 1.82) is 0 Å². The van der Waals surface area contributed by atoms with Crippen molar-refractivity contribution in [2.24, 2.45) is 0 Å². The maximum absolute atomic E-state index is 13.2. The lowest BCUT2D eigenvalue weighted by molar-refractivity contribution is 0.483. The third-order valence-corrected chi connectivity index (χ3v) is 4.05. The minimum Gasteiger partial charge on any atom is -0.308 e. The fraction of sp³-hybridized carbons (Fsp3) is 0.357. The van der Waals surface area contributed by atoms with Gasteiger partial charge in [0, 0.05) is 11.1 Å². The van der Waals surface area contributed by atoms with Gasteiger partial charge in [-0.2, -0.15) is 5.10 Å². The highest BCUT2D eigenvalue weighted by Crippen LogP contribution is 2.33. The summed E-state index contributed by atoms with van der Waals surface area (Å²) in [6, 6.07) is 4.48. The molecule has 1 aromatic carbocycles. The zero-order valence-electron chi connectivity index (χ0n) is 11.5. The van der Waals surface area contributed by atoms with Crippen LogP contribution in [0.3, 0.4) is 0 Å². The van der Waals surface area contributed by atoms with Gasteiger partial charge in [-0.1, -0.05) is 17.7 Å². The molecule has 2 aromatic rings. The van der Waals surface area contributed by atoms with Crippen LogP contribution in [-0.4, -0.2) is 16.8 Å². The summed E-state index contributed by atoms with van der Waals surface area (Å²) in [5.41, 5.74) is 1.79. The third-order valence-electron chi connectivity index (χ3n) is 3.11. The highest BCUT2D eigenvalue weighted by molar-refractivity contribution is 9.10. The van der Waals surface area contributed by atoms with Crippen LogP contribution < -0.4 is 5.32 Å². The molecule has 2 rings (SSSR count). The van der Waals surface area contributed by atoms with Gasteiger partial charge in [-0.15, -0.1) is 0 Å². The second kappa shape index (κ2) is 6.24. The van der Waals surface area contributed by atoms with E-state index in [9.17, 15) is 4.39 Å². The predicted molar refractivity (Wildman–Crippen MR) is 82.6 cm³/mol. The number of hydrogen-bond donors (Lipinski definition) is 1. The number of nitrogens with zero attached hydrogens (tertiary/aromatic N) is 2. The summed E-state index contributed by atoms with van der Waals surface area (Å²) in [7, 11) is 1.84. The predicted octanol–water partition coefficient (Wildman–Crippen LogP) is 4.33. The summed E-state index contributed by atoms with van der Waals surface area (Å²) in [5.74, 6) is -0.343. The molecule has 1 aromatic heterocycles. The first-order valence-electron chi connectivity index (χ1n) is 6.30. The van der Waals surface area contributed by atoms with Crippen LogP contribution in [0.5, 0.6) is 0 Å². The monoisotopic (exact) mass is 359 g/mol. The van der Waals surface area contributed by atoms with Crippen LogP contribution in [0.2, 0.25) is 5.02 Å². The van der Waals surface area contributed by atoms with E-state index in [-0.39, 0.29) is 17.9 Å². The van der Waals surface area contributed by atoms with E-state index in [1.54, 1.807) is 12.3 Å². The van der Waals surface area contributed by atoms with Gasteiger partial charge in [-0.05, 0) is 54.5 Å². The van der Waals surface area contributed by atoms with Crippen molar-refractivity contribution in [3.63, 3.8) is 0 Å². The summed E-state index contributed by atoms with van der Waals surface area (Å²) in [6.45, 7) is 4.11. The van der Waals surface area contributed by atoms with Crippen LogP contribution in [0.1, 0.15) is 37.2 Å². The van der Waals surface area contributed by atoms with Gasteiger partial charge in [-0.3, -0.25) is 4.68 Å². The van der Waals surface area contributed by atoms with Gasteiger partial charge >= 0.3 is 0 Å². The van der Waals surface area contributed by atoms with Gasteiger partial charge < -0.3 is 5.32 Å². The molecule has 3 nitrogen and oxygen atoms in total. The maximum Gasteiger partial charge on any atom is 0.124 e. The van der Waals surface area contributed by atoms with E-state index in [0.29, 0.717) is 5.02 Å². The molecule has 0 aliphatic rings. The SMILES string of the molecule is CNC(c1ccc(F)cc1Cl)c1c(Br)cnn1C(C)C. The molecule has 0 amide bonds. The first kappa shape index (κ1) is 15.5. The Morgan fingerprint density at radius 2 is 2.10 bits per heavy atom. The second-order valence-corrected chi connectivity index (χ2v) is 6.07. The summed E-state index contributed by atoms with van der Waals surface area (Å²) in [4.78, 5) is 0. The second-order valence-electron chi connectivity index (χ2n) is 4.80. The molecule has 0 radical (unpaired) electrons. The molecular weight excluding hydrogens is 345 g/mol. The molecule has 0 bridgehead atoms. The molecule has 20 heavy (non-hydrogen) atoms. The zero-order valence-corrected chi connectivity index (χ0v) is 13.8. The number of aromatic nitrogens is 2. The molecule has 1 atom stereocenters. The van der Waals surface area contributed by atoms with E-state index in [2.05, 4.69) is 40.2 Å². The van der Waals surface area contributed by atoms with E-state index in [4.69, 9.17) is 11.6 Å². The molecular formula is C14H16BrClFN3. The average molecular weight is 361 g/mol. The smallest absolute Gasteiger partial charge is 0.124 e. The molecule has 0 fully saturated rings. The Balaban J connectivity index is 2.55. The van der Waals surface area contributed by atoms with Gasteiger partial charge in [0.25, 0.3) is 0 Å². The molecule has 0 aliphatic heterocycles. The van der Waals surface area contributed by atoms with Gasteiger partial charge in [0.1, 0.15) is 5.82 Å². The van der Waals surface area contributed by atoms with Crippen LogP contribution >= 0.6 is 27.5 Å². The quantitative estimate of drug-likeness (QED) is 0.879. The highest BCUT2D eigenvalue weighted by Gasteiger charge is 2.23. The first-order chi connectivity index (χ1) is 9.45. The minimum atomic E-state index is -0.343. The van der Waals surface area contributed by atoms with Crippen molar-refractivity contribution in [1.82, 2.24) is 15.1 Å². The van der Waals surface area contributed by atoms with Crippen molar-refractivity contribution in [2.45, 2.75) is 25.9 Å². The highest BCUT2D eigenvalue weighted by atomic mass is 79.9. The van der Waals surface area contributed by atoms with Crippen molar-refractivity contribution in [3.05, 3.63) is 51.0 Å². The van der Waals surface area contributed by atoms with Gasteiger partial charge in [0.15, 0.2) is 0 Å². The Kier molecular flexibility index (Phi) is 4.83. The van der Waals surface area contributed by atoms with Crippen molar-refractivity contribution in [2.75, 3.05) is 7.05 Å². The summed E-state index contributed by atoms with van der Waals surface area (Å²) >= 11 is 9.70. The largest absolute Gasteiger partial charge is 0.308 e. The number of hydrogen-bond acceptors (Lipinski definition) is 2. The fourth-order valence-corrected chi connectivity index (χ4v) is 2.99. The summed E-state index contributed by atoms with van der Waals surface area (Å²) in [5, 5.41) is 7.98. The molecule has 108 valence electrons. The summed E-state index contributed by atoms with van der Waals surface area (Å²) in [6.07, 6.45) is 1.76. The number of halogens is 3.